The Hall–Kier alpha value is -1.95. The number of hydrogen-bond donors (Lipinski definition) is 1. The number of rotatable bonds is 5. The molecule has 102 valence electrons. The largest absolute Gasteiger partial charge is 1.00 e. The molecule has 0 aromatic carbocycles. The molecule has 2 rings (SSSR count). The molecule has 2 aromatic rings. The average Bonchev–Trinajstić information content (AvgIpc) is 2.76. The van der Waals surface area contributed by atoms with Gasteiger partial charge in [-0.05, 0) is 12.0 Å². The number of oxazole rings is 1. The van der Waals surface area contributed by atoms with E-state index in [1.165, 1.54) is 0 Å². The van der Waals surface area contributed by atoms with Gasteiger partial charge in [-0.1, -0.05) is 4.68 Å². The molecule has 0 fully saturated rings. The summed E-state index contributed by atoms with van der Waals surface area (Å²) in [5.74, 6) is -0.250. The number of carbonyl (C=O) groups is 1. The van der Waals surface area contributed by atoms with Crippen LogP contribution in [0, 0.1) is 6.92 Å². The second-order valence-corrected chi connectivity index (χ2v) is 3.97. The van der Waals surface area contributed by atoms with Crippen LogP contribution in [0.4, 0.5) is 0 Å². The Morgan fingerprint density at radius 3 is 2.84 bits per heavy atom. The first-order valence-corrected chi connectivity index (χ1v) is 5.65. The van der Waals surface area contributed by atoms with Crippen molar-refractivity contribution in [2.45, 2.75) is 26.3 Å². The highest BCUT2D eigenvalue weighted by atomic mass is 35.5. The van der Waals surface area contributed by atoms with E-state index < -0.39 is 5.97 Å². The molecule has 0 amide bonds. The Morgan fingerprint density at radius 1 is 1.53 bits per heavy atom. The van der Waals surface area contributed by atoms with Crippen molar-refractivity contribution < 1.29 is 31.4 Å². The van der Waals surface area contributed by atoms with Crippen molar-refractivity contribution in [3.8, 4) is 11.5 Å². The predicted octanol–water partition coefficient (Wildman–Crippen LogP) is -1.80. The first kappa shape index (κ1) is 15.1. The molecule has 0 atom stereocenters. The number of nitrogens with zero attached hydrogens (tertiary/aromatic N) is 3. The molecule has 0 bridgehead atoms. The van der Waals surface area contributed by atoms with Gasteiger partial charge in [-0.25, -0.2) is 4.98 Å². The van der Waals surface area contributed by atoms with Gasteiger partial charge in [-0.2, -0.15) is 0 Å². The van der Waals surface area contributed by atoms with Crippen molar-refractivity contribution in [3.05, 3.63) is 30.4 Å². The highest BCUT2D eigenvalue weighted by molar-refractivity contribution is 5.66. The quantitative estimate of drug-likeness (QED) is 0.655. The molecule has 0 saturated carbocycles. The molecule has 7 heteroatoms. The van der Waals surface area contributed by atoms with E-state index >= 15 is 0 Å². The topological polar surface area (TPSA) is 80.1 Å². The molecule has 2 heterocycles. The van der Waals surface area contributed by atoms with Crippen LogP contribution < -0.4 is 17.1 Å². The Balaban J connectivity index is 0.00000180. The zero-order valence-corrected chi connectivity index (χ0v) is 11.2. The number of hydrogen-bond acceptors (Lipinski definition) is 4. The maximum Gasteiger partial charge on any atom is 0.303 e. The van der Waals surface area contributed by atoms with E-state index in [2.05, 4.69) is 10.1 Å². The number of carboxylic acid groups (broad SMARTS) is 1. The van der Waals surface area contributed by atoms with Crippen LogP contribution in [0.3, 0.4) is 0 Å². The van der Waals surface area contributed by atoms with Crippen LogP contribution in [-0.2, 0) is 11.3 Å². The van der Waals surface area contributed by atoms with Gasteiger partial charge >= 0.3 is 5.97 Å². The lowest BCUT2D eigenvalue weighted by atomic mass is 10.3. The van der Waals surface area contributed by atoms with Crippen LogP contribution in [0.2, 0.25) is 0 Å². The van der Waals surface area contributed by atoms with E-state index in [1.807, 2.05) is 13.0 Å². The Bertz CT molecular complexity index is 539. The minimum atomic E-state index is -0.789. The minimum absolute atomic E-state index is 0. The molecule has 1 N–H and O–H groups in total. The van der Waals surface area contributed by atoms with Gasteiger partial charge in [-0.3, -0.25) is 4.79 Å². The monoisotopic (exact) mass is 283 g/mol. The molecule has 0 aliphatic rings. The van der Waals surface area contributed by atoms with Crippen molar-refractivity contribution >= 4 is 5.97 Å². The van der Waals surface area contributed by atoms with Gasteiger partial charge < -0.3 is 21.9 Å². The van der Waals surface area contributed by atoms with Crippen LogP contribution in [-0.4, -0.2) is 21.2 Å². The Labute approximate surface area is 116 Å². The van der Waals surface area contributed by atoms with Crippen LogP contribution in [0.25, 0.3) is 11.5 Å². The fraction of sp³-hybridized carbons (Fsp3) is 0.333. The number of aromatic nitrogens is 3. The number of halogens is 1. The van der Waals surface area contributed by atoms with Gasteiger partial charge in [0.1, 0.15) is 12.5 Å². The first-order chi connectivity index (χ1) is 8.65. The van der Waals surface area contributed by atoms with Gasteiger partial charge in [0.05, 0.1) is 17.7 Å². The van der Waals surface area contributed by atoms with E-state index in [1.54, 1.807) is 23.3 Å². The van der Waals surface area contributed by atoms with Gasteiger partial charge in [0.15, 0.2) is 12.7 Å². The molecule has 0 saturated heterocycles. The lowest BCUT2D eigenvalue weighted by molar-refractivity contribution is -0.754. The summed E-state index contributed by atoms with van der Waals surface area (Å²) in [4.78, 5) is 14.6. The zero-order chi connectivity index (χ0) is 13.0. The minimum Gasteiger partial charge on any atom is -1.00 e. The van der Waals surface area contributed by atoms with Crippen molar-refractivity contribution in [1.29, 1.82) is 0 Å². The molecule has 0 radical (unpaired) electrons. The lowest BCUT2D eigenvalue weighted by Crippen LogP contribution is -3.00. The summed E-state index contributed by atoms with van der Waals surface area (Å²) in [6.07, 6.45) is 5.74. The van der Waals surface area contributed by atoms with Crippen molar-refractivity contribution in [2.24, 2.45) is 0 Å². The third kappa shape index (κ3) is 4.33. The molecule has 0 spiro atoms. The van der Waals surface area contributed by atoms with E-state index in [9.17, 15) is 4.79 Å². The number of carboxylic acids is 1. The van der Waals surface area contributed by atoms with Crippen molar-refractivity contribution in [1.82, 2.24) is 10.1 Å². The summed E-state index contributed by atoms with van der Waals surface area (Å²) in [6, 6.07) is 1.85. The maximum atomic E-state index is 10.4. The summed E-state index contributed by atoms with van der Waals surface area (Å²) in [5.41, 5.74) is 1.63. The van der Waals surface area contributed by atoms with Crippen LogP contribution >= 0.6 is 0 Å². The highest BCUT2D eigenvalue weighted by Gasteiger charge is 2.09. The maximum absolute atomic E-state index is 10.4. The summed E-state index contributed by atoms with van der Waals surface area (Å²) >= 11 is 0. The second kappa shape index (κ2) is 6.84. The number of aliphatic carboxylic acids is 1. The normalized spacial score (nSPS) is 9.95. The summed E-state index contributed by atoms with van der Waals surface area (Å²) in [7, 11) is 0. The van der Waals surface area contributed by atoms with E-state index in [0.29, 0.717) is 18.9 Å². The molecule has 0 aliphatic heterocycles. The van der Waals surface area contributed by atoms with Crippen molar-refractivity contribution in [3.63, 3.8) is 0 Å². The van der Waals surface area contributed by atoms with Crippen LogP contribution in [0.15, 0.2) is 29.1 Å². The molecular weight excluding hydrogens is 270 g/mol. The van der Waals surface area contributed by atoms with Crippen molar-refractivity contribution in [2.75, 3.05) is 0 Å². The molecule has 19 heavy (non-hydrogen) atoms. The van der Waals surface area contributed by atoms with Gasteiger partial charge in [0.2, 0.25) is 5.89 Å². The third-order valence-corrected chi connectivity index (χ3v) is 2.42. The standard InChI is InChI=1S/C12H13N3O3.ClH/c1-9-8-18-12(14-9)10-4-6-15(13-7-10)5-2-3-11(16)17;/h4,6-8H,2-3,5H2,1H3;1H. The van der Waals surface area contributed by atoms with Crippen LogP contribution in [0.1, 0.15) is 18.5 Å². The fourth-order valence-corrected chi connectivity index (χ4v) is 1.52. The smallest absolute Gasteiger partial charge is 0.303 e. The SMILES string of the molecule is Cc1coc(-c2cc[n+](CCCC(=O)O)nc2)n1.[Cl-]. The molecule has 0 unspecified atom stereocenters. The number of aryl methyl sites for hydroxylation is 2. The molecule has 2 aromatic heterocycles. The summed E-state index contributed by atoms with van der Waals surface area (Å²) in [6.45, 7) is 2.44. The Morgan fingerprint density at radius 2 is 2.32 bits per heavy atom. The third-order valence-electron chi connectivity index (χ3n) is 2.42. The zero-order valence-electron chi connectivity index (χ0n) is 10.4. The molecular formula is C12H14ClN3O3. The summed E-state index contributed by atoms with van der Waals surface area (Å²) < 4.78 is 6.96. The predicted molar refractivity (Wildman–Crippen MR) is 61.5 cm³/mol. The van der Waals surface area contributed by atoms with Gasteiger partial charge in [0.25, 0.3) is 0 Å². The average molecular weight is 284 g/mol. The lowest BCUT2D eigenvalue weighted by Gasteiger charge is -1.94. The Kier molecular flexibility index (Phi) is 5.44. The molecule has 6 nitrogen and oxygen atoms in total. The second-order valence-electron chi connectivity index (χ2n) is 3.97. The van der Waals surface area contributed by atoms with E-state index in [4.69, 9.17) is 9.52 Å². The first-order valence-electron chi connectivity index (χ1n) is 5.65. The van der Waals surface area contributed by atoms with Gasteiger partial charge in [-0.15, -0.1) is 0 Å². The fourth-order valence-electron chi connectivity index (χ4n) is 1.52. The van der Waals surface area contributed by atoms with E-state index in [0.717, 1.165) is 11.3 Å². The van der Waals surface area contributed by atoms with Gasteiger partial charge in [0, 0.05) is 12.5 Å². The molecule has 0 aliphatic carbocycles. The highest BCUT2D eigenvalue weighted by Crippen LogP contribution is 2.15. The summed E-state index contributed by atoms with van der Waals surface area (Å²) in [5, 5.41) is 12.7. The van der Waals surface area contributed by atoms with Crippen LogP contribution in [0.5, 0.6) is 0 Å². The van der Waals surface area contributed by atoms with E-state index in [-0.39, 0.29) is 18.8 Å².